The number of amides is 1. The molecule has 20 heavy (non-hydrogen) atoms. The second-order valence-corrected chi connectivity index (χ2v) is 6.17. The highest BCUT2D eigenvalue weighted by Crippen LogP contribution is 2.19. The number of hydrogen-bond acceptors (Lipinski definition) is 6. The maximum absolute atomic E-state index is 11.8. The van der Waals surface area contributed by atoms with Crippen LogP contribution < -0.4 is 5.32 Å². The molecule has 0 bridgehead atoms. The van der Waals surface area contributed by atoms with E-state index in [4.69, 9.17) is 0 Å². The van der Waals surface area contributed by atoms with E-state index < -0.39 is 0 Å². The van der Waals surface area contributed by atoms with Crippen LogP contribution in [0.15, 0.2) is 5.16 Å². The molecule has 1 heterocycles. The SMILES string of the molecule is Cn1nnnc1SCCCC(=O)NC1CCC(O)CC1. The Balaban J connectivity index is 1.57. The first kappa shape index (κ1) is 15.2. The Labute approximate surface area is 122 Å². The lowest BCUT2D eigenvalue weighted by molar-refractivity contribution is -0.122. The molecule has 1 saturated carbocycles. The van der Waals surface area contributed by atoms with Gasteiger partial charge in [-0.15, -0.1) is 5.10 Å². The minimum Gasteiger partial charge on any atom is -0.393 e. The van der Waals surface area contributed by atoms with Crippen molar-refractivity contribution in [3.8, 4) is 0 Å². The van der Waals surface area contributed by atoms with Crippen molar-refractivity contribution in [3.63, 3.8) is 0 Å². The van der Waals surface area contributed by atoms with E-state index in [0.29, 0.717) is 6.42 Å². The summed E-state index contributed by atoms with van der Waals surface area (Å²) in [5.41, 5.74) is 0. The fourth-order valence-corrected chi connectivity index (χ4v) is 3.05. The Hall–Kier alpha value is -1.15. The average molecular weight is 299 g/mol. The van der Waals surface area contributed by atoms with E-state index in [2.05, 4.69) is 20.8 Å². The van der Waals surface area contributed by atoms with Gasteiger partial charge in [0.1, 0.15) is 0 Å². The molecule has 2 N–H and O–H groups in total. The van der Waals surface area contributed by atoms with Crippen LogP contribution in [0, 0.1) is 0 Å². The van der Waals surface area contributed by atoms with Gasteiger partial charge in [-0.1, -0.05) is 11.8 Å². The molecule has 112 valence electrons. The quantitative estimate of drug-likeness (QED) is 0.587. The molecule has 1 aromatic rings. The molecule has 0 radical (unpaired) electrons. The Morgan fingerprint density at radius 3 is 2.85 bits per heavy atom. The molecule has 1 fully saturated rings. The molecule has 1 aromatic heterocycles. The van der Waals surface area contributed by atoms with Gasteiger partial charge in [0, 0.05) is 25.3 Å². The number of aryl methyl sites for hydroxylation is 1. The maximum Gasteiger partial charge on any atom is 0.220 e. The summed E-state index contributed by atoms with van der Waals surface area (Å²) in [7, 11) is 1.80. The van der Waals surface area contributed by atoms with E-state index in [-0.39, 0.29) is 18.1 Å². The van der Waals surface area contributed by atoms with E-state index in [9.17, 15) is 9.90 Å². The standard InChI is InChI=1S/C12H21N5O2S/c1-17-12(14-15-16-17)20-8-2-3-11(19)13-9-4-6-10(18)7-5-9/h9-10,18H,2-8H2,1H3,(H,13,19). The van der Waals surface area contributed by atoms with Crippen LogP contribution in [0.3, 0.4) is 0 Å². The van der Waals surface area contributed by atoms with Crippen LogP contribution in [-0.4, -0.2) is 49.1 Å². The lowest BCUT2D eigenvalue weighted by atomic mass is 9.93. The summed E-state index contributed by atoms with van der Waals surface area (Å²) in [5, 5.41) is 24.4. The topological polar surface area (TPSA) is 92.9 Å². The van der Waals surface area contributed by atoms with E-state index in [1.54, 1.807) is 23.5 Å². The highest BCUT2D eigenvalue weighted by molar-refractivity contribution is 7.99. The number of aliphatic hydroxyl groups excluding tert-OH is 1. The van der Waals surface area contributed by atoms with Crippen molar-refractivity contribution in [2.45, 2.75) is 55.8 Å². The predicted octanol–water partition coefficient (Wildman–Crippen LogP) is 0.502. The predicted molar refractivity (Wildman–Crippen MR) is 75.2 cm³/mol. The van der Waals surface area contributed by atoms with Gasteiger partial charge in [-0.25, -0.2) is 4.68 Å². The molecule has 1 amide bonds. The van der Waals surface area contributed by atoms with Gasteiger partial charge < -0.3 is 10.4 Å². The number of rotatable bonds is 6. The van der Waals surface area contributed by atoms with Crippen molar-refractivity contribution in [1.29, 1.82) is 0 Å². The highest BCUT2D eigenvalue weighted by Gasteiger charge is 2.20. The molecular formula is C12H21N5O2S. The van der Waals surface area contributed by atoms with Crippen molar-refractivity contribution in [2.24, 2.45) is 7.05 Å². The van der Waals surface area contributed by atoms with Crippen molar-refractivity contribution in [2.75, 3.05) is 5.75 Å². The van der Waals surface area contributed by atoms with Crippen LogP contribution >= 0.6 is 11.8 Å². The van der Waals surface area contributed by atoms with Gasteiger partial charge in [-0.2, -0.15) is 0 Å². The summed E-state index contributed by atoms with van der Waals surface area (Å²) in [6, 6.07) is 0.237. The summed E-state index contributed by atoms with van der Waals surface area (Å²) in [4.78, 5) is 11.8. The van der Waals surface area contributed by atoms with Crippen LogP contribution in [0.1, 0.15) is 38.5 Å². The first-order valence-corrected chi connectivity index (χ1v) is 7.96. The van der Waals surface area contributed by atoms with Crippen LogP contribution in [0.4, 0.5) is 0 Å². The van der Waals surface area contributed by atoms with E-state index in [1.165, 1.54) is 0 Å². The lowest BCUT2D eigenvalue weighted by Crippen LogP contribution is -2.38. The summed E-state index contributed by atoms with van der Waals surface area (Å²) in [6.45, 7) is 0. The molecular weight excluding hydrogens is 278 g/mol. The fraction of sp³-hybridized carbons (Fsp3) is 0.833. The van der Waals surface area contributed by atoms with Gasteiger partial charge in [0.25, 0.3) is 0 Å². The minimum absolute atomic E-state index is 0.100. The fourth-order valence-electron chi connectivity index (χ4n) is 2.26. The van der Waals surface area contributed by atoms with Gasteiger partial charge in [0.05, 0.1) is 6.10 Å². The second kappa shape index (κ2) is 7.58. The molecule has 0 aromatic carbocycles. The molecule has 0 unspecified atom stereocenters. The first-order chi connectivity index (χ1) is 9.65. The smallest absolute Gasteiger partial charge is 0.220 e. The van der Waals surface area contributed by atoms with Crippen molar-refractivity contribution in [1.82, 2.24) is 25.5 Å². The van der Waals surface area contributed by atoms with Gasteiger partial charge in [0.2, 0.25) is 11.1 Å². The Morgan fingerprint density at radius 2 is 2.20 bits per heavy atom. The van der Waals surface area contributed by atoms with Crippen LogP contribution in [0.25, 0.3) is 0 Å². The van der Waals surface area contributed by atoms with Crippen molar-refractivity contribution >= 4 is 17.7 Å². The summed E-state index contributed by atoms with van der Waals surface area (Å²) in [5.74, 6) is 0.924. The number of hydrogen-bond donors (Lipinski definition) is 2. The first-order valence-electron chi connectivity index (χ1n) is 6.97. The highest BCUT2D eigenvalue weighted by atomic mass is 32.2. The second-order valence-electron chi connectivity index (χ2n) is 5.11. The molecule has 8 heteroatoms. The molecule has 0 spiro atoms. The Morgan fingerprint density at radius 1 is 1.45 bits per heavy atom. The zero-order valence-corrected chi connectivity index (χ0v) is 12.5. The van der Waals surface area contributed by atoms with E-state index in [1.807, 2.05) is 0 Å². The van der Waals surface area contributed by atoms with Gasteiger partial charge in [-0.3, -0.25) is 4.79 Å². The summed E-state index contributed by atoms with van der Waals surface area (Å²) < 4.78 is 1.62. The molecule has 2 rings (SSSR count). The average Bonchev–Trinajstić information content (AvgIpc) is 2.83. The molecule has 0 aliphatic heterocycles. The normalized spacial score (nSPS) is 22.7. The molecule has 0 saturated heterocycles. The molecule has 1 aliphatic rings. The number of thioether (sulfide) groups is 1. The number of aromatic nitrogens is 4. The zero-order valence-electron chi connectivity index (χ0n) is 11.7. The number of tetrazole rings is 1. The van der Waals surface area contributed by atoms with Crippen LogP contribution in [-0.2, 0) is 11.8 Å². The monoisotopic (exact) mass is 299 g/mol. The van der Waals surface area contributed by atoms with Gasteiger partial charge >= 0.3 is 0 Å². The number of nitrogens with one attached hydrogen (secondary N) is 1. The van der Waals surface area contributed by atoms with E-state index >= 15 is 0 Å². The minimum atomic E-state index is -0.181. The molecule has 7 nitrogen and oxygen atoms in total. The zero-order chi connectivity index (χ0) is 14.4. The van der Waals surface area contributed by atoms with Gasteiger partial charge in [0.15, 0.2) is 0 Å². The van der Waals surface area contributed by atoms with Crippen LogP contribution in [0.2, 0.25) is 0 Å². The Kier molecular flexibility index (Phi) is 5.78. The molecule has 1 aliphatic carbocycles. The number of nitrogens with zero attached hydrogens (tertiary/aromatic N) is 4. The summed E-state index contributed by atoms with van der Waals surface area (Å²) >= 11 is 1.56. The Bertz CT molecular complexity index is 431. The third kappa shape index (κ3) is 4.75. The number of carbonyl (C=O) groups is 1. The third-order valence-corrected chi connectivity index (χ3v) is 4.52. The number of carbonyl (C=O) groups excluding carboxylic acids is 1. The number of aliphatic hydroxyl groups is 1. The third-order valence-electron chi connectivity index (χ3n) is 3.42. The summed E-state index contributed by atoms with van der Waals surface area (Å²) in [6.07, 6.45) is 4.49. The molecule has 0 atom stereocenters. The van der Waals surface area contributed by atoms with Gasteiger partial charge in [-0.05, 0) is 42.5 Å². The van der Waals surface area contributed by atoms with Crippen molar-refractivity contribution < 1.29 is 9.90 Å². The van der Waals surface area contributed by atoms with Crippen molar-refractivity contribution in [3.05, 3.63) is 0 Å². The van der Waals surface area contributed by atoms with E-state index in [0.717, 1.165) is 43.0 Å². The van der Waals surface area contributed by atoms with Crippen LogP contribution in [0.5, 0.6) is 0 Å². The largest absolute Gasteiger partial charge is 0.393 e. The maximum atomic E-state index is 11.8. The lowest BCUT2D eigenvalue weighted by Gasteiger charge is -2.26.